The lowest BCUT2D eigenvalue weighted by molar-refractivity contribution is 0.658. The number of hydrogen-bond donors (Lipinski definition) is 0. The minimum Gasteiger partial charge on any atom is -0.456 e. The fourth-order valence-corrected chi connectivity index (χ4v) is 10.7. The SMILES string of the molecule is CC1(C)c2ccccc2-c2cc3c(cc21)Sc1ccc(N(c2ccccc2)c2ccccc2)cc1N3c1ccc(-c2ccc(-c3ccc4c(=O)c5ccccc5oc4c3)cc2)cc1. The van der Waals surface area contributed by atoms with E-state index in [2.05, 4.69) is 187 Å². The monoisotopic (exact) mass is 828 g/mol. The molecule has 0 saturated carbocycles. The predicted molar refractivity (Wildman–Crippen MR) is 262 cm³/mol. The van der Waals surface area contributed by atoms with Gasteiger partial charge in [0.2, 0.25) is 5.43 Å². The third-order valence-corrected chi connectivity index (χ3v) is 14.0. The van der Waals surface area contributed by atoms with Crippen molar-refractivity contribution in [1.29, 1.82) is 0 Å². The first-order valence-electron chi connectivity index (χ1n) is 21.4. The first-order chi connectivity index (χ1) is 30.9. The van der Waals surface area contributed by atoms with E-state index in [-0.39, 0.29) is 10.8 Å². The number of fused-ring (bicyclic) bond motifs is 7. The van der Waals surface area contributed by atoms with Gasteiger partial charge in [-0.25, -0.2) is 0 Å². The maximum atomic E-state index is 13.2. The summed E-state index contributed by atoms with van der Waals surface area (Å²) in [6, 6.07) is 72.8. The van der Waals surface area contributed by atoms with Crippen molar-refractivity contribution in [2.75, 3.05) is 9.80 Å². The van der Waals surface area contributed by atoms with Gasteiger partial charge < -0.3 is 14.2 Å². The van der Waals surface area contributed by atoms with Crippen molar-refractivity contribution in [1.82, 2.24) is 0 Å². The van der Waals surface area contributed by atoms with Crippen LogP contribution in [0.5, 0.6) is 0 Å². The molecule has 1 aliphatic heterocycles. The van der Waals surface area contributed by atoms with E-state index in [9.17, 15) is 4.79 Å². The van der Waals surface area contributed by atoms with Crippen molar-refractivity contribution in [3.63, 3.8) is 0 Å². The molecule has 1 aromatic heterocycles. The molecule has 10 aromatic rings. The van der Waals surface area contributed by atoms with Gasteiger partial charge in [0.1, 0.15) is 11.2 Å². The standard InChI is InChI=1S/C58H40N2O2S/c1-58(2)49-19-11-9-17-45(49)48-35-52-56(36-50(48)58)63-55-32-30-44(59(41-13-5-3-6-14-41)42-15-7-4-8-16-42)34-51(55)60(52)43-28-25-38(26-29-43)37-21-23-39(24-22-37)40-27-31-47-54(33-40)62-53-20-12-10-18-46(53)57(47)61/h3-36H,1-2H3. The number of benzene rings is 9. The highest BCUT2D eigenvalue weighted by Crippen LogP contribution is 2.58. The Hall–Kier alpha value is -7.60. The normalized spacial score (nSPS) is 13.3. The highest BCUT2D eigenvalue weighted by molar-refractivity contribution is 7.99. The summed E-state index contributed by atoms with van der Waals surface area (Å²) >= 11 is 1.86. The first kappa shape index (κ1) is 37.2. The molecule has 0 saturated heterocycles. The lowest BCUT2D eigenvalue weighted by Crippen LogP contribution is -2.18. The van der Waals surface area contributed by atoms with E-state index in [0.29, 0.717) is 21.9 Å². The molecule has 0 radical (unpaired) electrons. The molecule has 0 amide bonds. The number of nitrogens with zero attached hydrogens (tertiary/aromatic N) is 2. The Labute approximate surface area is 370 Å². The molecule has 0 N–H and O–H groups in total. The van der Waals surface area contributed by atoms with Crippen LogP contribution < -0.4 is 15.2 Å². The van der Waals surface area contributed by atoms with Gasteiger partial charge in [-0.2, -0.15) is 0 Å². The molecule has 0 atom stereocenters. The predicted octanol–water partition coefficient (Wildman–Crippen LogP) is 16.0. The summed E-state index contributed by atoms with van der Waals surface area (Å²) in [4.78, 5) is 20.4. The van der Waals surface area contributed by atoms with Crippen molar-refractivity contribution < 1.29 is 4.42 Å². The number of hydrogen-bond acceptors (Lipinski definition) is 5. The lowest BCUT2D eigenvalue weighted by atomic mass is 9.82. The van der Waals surface area contributed by atoms with Crippen LogP contribution in [0.4, 0.5) is 34.1 Å². The molecule has 12 rings (SSSR count). The van der Waals surface area contributed by atoms with Crippen LogP contribution in [0.15, 0.2) is 225 Å². The molecular formula is C58H40N2O2S. The van der Waals surface area contributed by atoms with E-state index in [0.717, 1.165) is 50.7 Å². The van der Waals surface area contributed by atoms with Crippen LogP contribution in [-0.4, -0.2) is 0 Å². The number of para-hydroxylation sites is 3. The maximum absolute atomic E-state index is 13.2. The second-order valence-corrected chi connectivity index (χ2v) is 18.0. The average Bonchev–Trinajstić information content (AvgIpc) is 3.55. The van der Waals surface area contributed by atoms with E-state index in [1.165, 1.54) is 37.7 Å². The summed E-state index contributed by atoms with van der Waals surface area (Å²) < 4.78 is 6.18. The van der Waals surface area contributed by atoms with Gasteiger partial charge in [0.25, 0.3) is 0 Å². The molecule has 0 fully saturated rings. The molecule has 300 valence electrons. The zero-order chi connectivity index (χ0) is 42.2. The summed E-state index contributed by atoms with van der Waals surface area (Å²) in [6.45, 7) is 4.70. The maximum Gasteiger partial charge on any atom is 0.200 e. The van der Waals surface area contributed by atoms with E-state index in [1.807, 2.05) is 54.2 Å². The number of anilines is 6. The Morgan fingerprint density at radius 2 is 1.05 bits per heavy atom. The molecule has 4 nitrogen and oxygen atoms in total. The summed E-state index contributed by atoms with van der Waals surface area (Å²) in [5.74, 6) is 0. The lowest BCUT2D eigenvalue weighted by Gasteiger charge is -2.35. The number of rotatable bonds is 6. The Morgan fingerprint density at radius 3 is 1.78 bits per heavy atom. The molecule has 0 spiro atoms. The van der Waals surface area contributed by atoms with Crippen LogP contribution in [0.25, 0.3) is 55.3 Å². The van der Waals surface area contributed by atoms with Gasteiger partial charge >= 0.3 is 0 Å². The van der Waals surface area contributed by atoms with Gasteiger partial charge in [0.05, 0.1) is 22.1 Å². The quantitative estimate of drug-likeness (QED) is 0.156. The van der Waals surface area contributed by atoms with Gasteiger partial charge in [0.15, 0.2) is 0 Å². The molecule has 1 aliphatic carbocycles. The van der Waals surface area contributed by atoms with Gasteiger partial charge in [0, 0.05) is 38.0 Å². The van der Waals surface area contributed by atoms with E-state index in [4.69, 9.17) is 4.42 Å². The third kappa shape index (κ3) is 6.11. The van der Waals surface area contributed by atoms with E-state index in [1.54, 1.807) is 0 Å². The summed E-state index contributed by atoms with van der Waals surface area (Å²) in [7, 11) is 0. The smallest absolute Gasteiger partial charge is 0.200 e. The molecule has 0 unspecified atom stereocenters. The van der Waals surface area contributed by atoms with Gasteiger partial charge in [-0.15, -0.1) is 0 Å². The van der Waals surface area contributed by atoms with E-state index < -0.39 is 0 Å². The molecule has 2 heterocycles. The minimum atomic E-state index is -0.0987. The fourth-order valence-electron chi connectivity index (χ4n) is 9.65. The second kappa shape index (κ2) is 14.5. The van der Waals surface area contributed by atoms with Crippen LogP contribution in [0, 0.1) is 0 Å². The Kier molecular flexibility index (Phi) is 8.56. The Bertz CT molecular complexity index is 3430. The molecular weight excluding hydrogens is 789 g/mol. The van der Waals surface area contributed by atoms with E-state index >= 15 is 0 Å². The van der Waals surface area contributed by atoms with Crippen molar-refractivity contribution in [2.24, 2.45) is 0 Å². The van der Waals surface area contributed by atoms with Crippen molar-refractivity contribution in [3.05, 3.63) is 228 Å². The van der Waals surface area contributed by atoms with Crippen LogP contribution in [0.2, 0.25) is 0 Å². The zero-order valence-corrected chi connectivity index (χ0v) is 35.6. The third-order valence-electron chi connectivity index (χ3n) is 12.8. The van der Waals surface area contributed by atoms with Gasteiger partial charge in [-0.3, -0.25) is 4.79 Å². The van der Waals surface area contributed by atoms with Crippen molar-refractivity contribution in [3.8, 4) is 33.4 Å². The summed E-state index contributed by atoms with van der Waals surface area (Å²) in [5, 5.41) is 1.19. The largest absolute Gasteiger partial charge is 0.456 e. The fraction of sp³-hybridized carbons (Fsp3) is 0.0517. The van der Waals surface area contributed by atoms with Gasteiger partial charge in [-0.1, -0.05) is 141 Å². The average molecular weight is 829 g/mol. The molecule has 0 bridgehead atoms. The van der Waals surface area contributed by atoms with Crippen LogP contribution in [0.3, 0.4) is 0 Å². The van der Waals surface area contributed by atoms with Crippen LogP contribution in [0.1, 0.15) is 25.0 Å². The highest BCUT2D eigenvalue weighted by atomic mass is 32.2. The zero-order valence-electron chi connectivity index (χ0n) is 34.7. The first-order valence-corrected chi connectivity index (χ1v) is 22.2. The molecule has 5 heteroatoms. The van der Waals surface area contributed by atoms with Crippen LogP contribution in [-0.2, 0) is 5.41 Å². The Morgan fingerprint density at radius 1 is 0.460 bits per heavy atom. The van der Waals surface area contributed by atoms with Crippen molar-refractivity contribution >= 4 is 67.8 Å². The topological polar surface area (TPSA) is 36.7 Å². The van der Waals surface area contributed by atoms with Gasteiger partial charge in [-0.05, 0) is 136 Å². The van der Waals surface area contributed by atoms with Crippen molar-refractivity contribution in [2.45, 2.75) is 29.1 Å². The molecule has 2 aliphatic rings. The molecule has 63 heavy (non-hydrogen) atoms. The highest BCUT2D eigenvalue weighted by Gasteiger charge is 2.38. The Balaban J connectivity index is 0.946. The van der Waals surface area contributed by atoms with Crippen LogP contribution >= 0.6 is 11.8 Å². The molecule has 9 aromatic carbocycles. The minimum absolute atomic E-state index is 0.00699. The second-order valence-electron chi connectivity index (χ2n) is 16.9. The summed E-state index contributed by atoms with van der Waals surface area (Å²) in [5.41, 5.74) is 17.5. The summed E-state index contributed by atoms with van der Waals surface area (Å²) in [6.07, 6.45) is 0.